The van der Waals surface area contributed by atoms with E-state index in [0.29, 0.717) is 41.3 Å². The molecule has 7 heteroatoms. The number of unbranched alkanes of at least 4 members (excludes halogenated alkanes) is 1. The zero-order valence-corrected chi connectivity index (χ0v) is 18.5. The number of aliphatic carboxylic acids is 1. The first-order chi connectivity index (χ1) is 14.6. The minimum absolute atomic E-state index is 0.111. The summed E-state index contributed by atoms with van der Waals surface area (Å²) in [6.45, 7) is 3.72. The molecule has 166 valence electrons. The van der Waals surface area contributed by atoms with E-state index in [1.54, 1.807) is 62.4 Å². The first kappa shape index (κ1) is 24.6. The van der Waals surface area contributed by atoms with E-state index in [9.17, 15) is 19.5 Å². The maximum atomic E-state index is 12.7. The zero-order chi connectivity index (χ0) is 23.0. The number of nitrogens with two attached hydrogens (primary N) is 1. The molecule has 2 aromatic rings. The molecule has 0 saturated carbocycles. The second-order valence-corrected chi connectivity index (χ2v) is 8.36. The fourth-order valence-corrected chi connectivity index (χ4v) is 3.24. The molecule has 6 nitrogen and oxygen atoms in total. The molecule has 3 N–H and O–H groups in total. The van der Waals surface area contributed by atoms with E-state index in [1.165, 1.54) is 0 Å². The first-order valence-corrected chi connectivity index (χ1v) is 10.6. The molecular weight excluding hydrogens is 418 g/mol. The lowest BCUT2D eigenvalue weighted by atomic mass is 9.90. The second-order valence-electron chi connectivity index (χ2n) is 7.92. The predicted molar refractivity (Wildman–Crippen MR) is 120 cm³/mol. The highest BCUT2D eigenvalue weighted by Crippen LogP contribution is 2.25. The third kappa shape index (κ3) is 7.19. The lowest BCUT2D eigenvalue weighted by Gasteiger charge is -2.26. The van der Waals surface area contributed by atoms with Gasteiger partial charge in [-0.25, -0.2) is 0 Å². The Labute approximate surface area is 187 Å². The zero-order valence-electron chi connectivity index (χ0n) is 17.8. The average molecular weight is 446 g/mol. The Morgan fingerprint density at radius 2 is 1.55 bits per heavy atom. The largest absolute Gasteiger partial charge is 0.481 e. The molecule has 2 aromatic carbocycles. The minimum Gasteiger partial charge on any atom is -0.481 e. The van der Waals surface area contributed by atoms with Gasteiger partial charge in [-0.15, -0.1) is 0 Å². The van der Waals surface area contributed by atoms with Crippen molar-refractivity contribution in [2.24, 2.45) is 11.7 Å². The number of Topliss-reactive ketones (excluding diaryl/α,β-unsaturated/α-hetero) is 1. The van der Waals surface area contributed by atoms with Gasteiger partial charge in [0.05, 0.1) is 5.92 Å². The van der Waals surface area contributed by atoms with Gasteiger partial charge >= 0.3 is 5.97 Å². The Bertz CT molecular complexity index is 907. The summed E-state index contributed by atoms with van der Waals surface area (Å²) in [5, 5.41) is 9.96. The van der Waals surface area contributed by atoms with Crippen LogP contribution < -0.4 is 10.5 Å². The van der Waals surface area contributed by atoms with Crippen LogP contribution in [0.15, 0.2) is 48.5 Å². The number of hydrogen-bond acceptors (Lipinski definition) is 5. The molecule has 0 amide bonds. The van der Waals surface area contributed by atoms with Gasteiger partial charge in [0.2, 0.25) is 0 Å². The van der Waals surface area contributed by atoms with E-state index in [0.717, 1.165) is 6.42 Å². The Morgan fingerprint density at radius 3 is 2.06 bits per heavy atom. The van der Waals surface area contributed by atoms with Crippen LogP contribution in [0.1, 0.15) is 55.5 Å². The molecule has 0 bridgehead atoms. The monoisotopic (exact) mass is 445 g/mol. The highest BCUT2D eigenvalue weighted by molar-refractivity contribution is 6.30. The number of halogens is 1. The van der Waals surface area contributed by atoms with Gasteiger partial charge in [-0.3, -0.25) is 14.4 Å². The molecule has 0 aliphatic rings. The number of ketones is 2. The minimum atomic E-state index is -1.21. The van der Waals surface area contributed by atoms with Crippen LogP contribution in [-0.2, 0) is 9.59 Å². The molecule has 0 aliphatic carbocycles. The van der Waals surface area contributed by atoms with Gasteiger partial charge in [-0.05, 0) is 81.8 Å². The maximum absolute atomic E-state index is 12.7. The molecule has 31 heavy (non-hydrogen) atoms. The fourth-order valence-electron chi connectivity index (χ4n) is 3.11. The van der Waals surface area contributed by atoms with Crippen molar-refractivity contribution < 1.29 is 24.2 Å². The number of carbonyl (C=O) groups excluding carboxylic acids is 2. The van der Waals surface area contributed by atoms with Gasteiger partial charge in [0, 0.05) is 22.6 Å². The highest BCUT2D eigenvalue weighted by Gasteiger charge is 2.33. The third-order valence-electron chi connectivity index (χ3n) is 5.06. The summed E-state index contributed by atoms with van der Waals surface area (Å²) in [7, 11) is 0. The molecule has 1 atom stereocenters. The Hall–Kier alpha value is -2.70. The van der Waals surface area contributed by atoms with Crippen molar-refractivity contribution >= 4 is 29.1 Å². The molecule has 0 fully saturated rings. The summed E-state index contributed by atoms with van der Waals surface area (Å²) < 4.78 is 5.83. The lowest BCUT2D eigenvalue weighted by molar-refractivity contribution is -0.146. The van der Waals surface area contributed by atoms with Crippen molar-refractivity contribution in [3.05, 3.63) is 64.7 Å². The van der Waals surface area contributed by atoms with Gasteiger partial charge < -0.3 is 15.6 Å². The number of carboxylic acid groups (broad SMARTS) is 1. The van der Waals surface area contributed by atoms with E-state index in [4.69, 9.17) is 22.1 Å². The van der Waals surface area contributed by atoms with Crippen LogP contribution in [0.2, 0.25) is 5.02 Å². The van der Waals surface area contributed by atoms with Crippen LogP contribution >= 0.6 is 11.6 Å². The van der Waals surface area contributed by atoms with Crippen LogP contribution in [0.5, 0.6) is 5.75 Å². The fraction of sp³-hybridized carbons (Fsp3) is 0.375. The Kier molecular flexibility index (Phi) is 8.77. The molecule has 0 heterocycles. The van der Waals surface area contributed by atoms with E-state index < -0.39 is 17.5 Å². The number of carboxylic acids is 1. The molecule has 2 rings (SSSR count). The van der Waals surface area contributed by atoms with Crippen LogP contribution in [0, 0.1) is 5.92 Å². The van der Waals surface area contributed by atoms with Crippen LogP contribution in [0.3, 0.4) is 0 Å². The van der Waals surface area contributed by atoms with Crippen molar-refractivity contribution in [1.82, 2.24) is 0 Å². The van der Waals surface area contributed by atoms with Crippen molar-refractivity contribution in [3.8, 4) is 5.75 Å². The molecule has 0 aliphatic heterocycles. The van der Waals surface area contributed by atoms with E-state index in [1.807, 2.05) is 0 Å². The topological polar surface area (TPSA) is 107 Å². The Morgan fingerprint density at radius 1 is 1.00 bits per heavy atom. The highest BCUT2D eigenvalue weighted by atomic mass is 35.5. The third-order valence-corrected chi connectivity index (χ3v) is 5.31. The number of carbonyl (C=O) groups is 3. The average Bonchev–Trinajstić information content (AvgIpc) is 2.73. The summed E-state index contributed by atoms with van der Waals surface area (Å²) >= 11 is 5.86. The van der Waals surface area contributed by atoms with Crippen molar-refractivity contribution in [1.29, 1.82) is 0 Å². The normalized spacial score (nSPS) is 12.3. The van der Waals surface area contributed by atoms with Crippen molar-refractivity contribution in [2.75, 3.05) is 6.54 Å². The van der Waals surface area contributed by atoms with Crippen LogP contribution in [0.4, 0.5) is 0 Å². The van der Waals surface area contributed by atoms with Crippen LogP contribution in [0.25, 0.3) is 0 Å². The summed E-state index contributed by atoms with van der Waals surface area (Å²) in [5.74, 6) is -1.79. The number of ether oxygens (including phenoxy) is 1. The van der Waals surface area contributed by atoms with Gasteiger partial charge in [-0.2, -0.15) is 0 Å². The summed E-state index contributed by atoms with van der Waals surface area (Å²) in [6.07, 6.45) is 1.67. The number of benzene rings is 2. The van der Waals surface area contributed by atoms with Crippen molar-refractivity contribution in [2.45, 2.75) is 45.1 Å². The molecule has 0 radical (unpaired) electrons. The molecule has 0 unspecified atom stereocenters. The van der Waals surface area contributed by atoms with Gasteiger partial charge in [0.1, 0.15) is 5.75 Å². The van der Waals surface area contributed by atoms with E-state index in [2.05, 4.69) is 0 Å². The molecule has 0 spiro atoms. The summed E-state index contributed by atoms with van der Waals surface area (Å²) in [6, 6.07) is 13.1. The molecule has 0 aromatic heterocycles. The lowest BCUT2D eigenvalue weighted by Crippen LogP contribution is -2.40. The first-order valence-electron chi connectivity index (χ1n) is 10.2. The predicted octanol–water partition coefficient (Wildman–Crippen LogP) is 4.52. The molecular formula is C24H28ClNO5. The number of rotatable bonds is 12. The quantitative estimate of drug-likeness (QED) is 0.367. The van der Waals surface area contributed by atoms with Crippen molar-refractivity contribution in [3.63, 3.8) is 0 Å². The second kappa shape index (κ2) is 11.1. The maximum Gasteiger partial charge on any atom is 0.306 e. The smallest absolute Gasteiger partial charge is 0.306 e. The summed E-state index contributed by atoms with van der Waals surface area (Å²) in [4.78, 5) is 36.8. The number of hydrogen-bond donors (Lipinski definition) is 2. The molecule has 0 saturated heterocycles. The van der Waals surface area contributed by atoms with Gasteiger partial charge in [-0.1, -0.05) is 18.0 Å². The van der Waals surface area contributed by atoms with E-state index >= 15 is 0 Å². The van der Waals surface area contributed by atoms with Crippen LogP contribution in [-0.4, -0.2) is 34.8 Å². The standard InChI is InChI=1S/C24H28ClNO5/c1-24(2,21(27)15-18(23(29)30)5-3-4-14-26)31-20-12-8-17(9-13-20)22(28)16-6-10-19(25)11-7-16/h6-13,18H,3-5,14-15,26H2,1-2H3,(H,29,30)/t18-/m1/s1. The summed E-state index contributed by atoms with van der Waals surface area (Å²) in [5.41, 5.74) is 5.24. The Balaban J connectivity index is 2.03. The van der Waals surface area contributed by atoms with Gasteiger partial charge in [0.25, 0.3) is 0 Å². The van der Waals surface area contributed by atoms with E-state index in [-0.39, 0.29) is 18.0 Å². The SMILES string of the molecule is CC(C)(Oc1ccc(C(=O)c2ccc(Cl)cc2)cc1)C(=O)C[C@@H](CCCCN)C(=O)O. The van der Waals surface area contributed by atoms with Gasteiger partial charge in [0.15, 0.2) is 17.2 Å².